The standard InChI is InChI=1S/C29H38Cl2FN3O3/c1-16(7-6-8-18(31)15-32)23-24(25(36)33-19-12-28(5,38)13-19)35-22(14-27(2,3)4)29(23)20-10-9-17(30)11-21(20)34-26(29)37/h6-11,16,19,22-24,35,38H,12-15H2,1-5H3,(H,33,36)(H,34,37)/b7-6-,18-8+/t16?,19?,22-,23+,24-,28?,29+/m1/s1. The van der Waals surface area contributed by atoms with Crippen LogP contribution in [0.2, 0.25) is 5.02 Å². The molecule has 1 aromatic carbocycles. The van der Waals surface area contributed by atoms with Crippen LogP contribution < -0.4 is 16.0 Å². The van der Waals surface area contributed by atoms with Crippen molar-refractivity contribution < 1.29 is 19.1 Å². The number of fused-ring (bicyclic) bond motifs is 2. The summed E-state index contributed by atoms with van der Waals surface area (Å²) in [5.41, 5.74) is -0.492. The van der Waals surface area contributed by atoms with Gasteiger partial charge in [-0.1, -0.05) is 69.1 Å². The van der Waals surface area contributed by atoms with Crippen LogP contribution in [0.25, 0.3) is 0 Å². The van der Waals surface area contributed by atoms with E-state index in [1.165, 1.54) is 6.08 Å². The average molecular weight is 567 g/mol. The highest BCUT2D eigenvalue weighted by molar-refractivity contribution is 6.31. The molecule has 1 unspecified atom stereocenters. The molecule has 4 rings (SSSR count). The molecule has 2 amide bonds. The summed E-state index contributed by atoms with van der Waals surface area (Å²) in [4.78, 5) is 27.9. The van der Waals surface area contributed by atoms with Gasteiger partial charge >= 0.3 is 0 Å². The molecule has 1 aromatic rings. The number of rotatable bonds is 7. The molecule has 0 bridgehead atoms. The molecule has 3 aliphatic rings. The van der Waals surface area contributed by atoms with Crippen LogP contribution in [-0.4, -0.2) is 47.3 Å². The number of alkyl halides is 1. The second-order valence-electron chi connectivity index (χ2n) is 12.6. The van der Waals surface area contributed by atoms with Crippen molar-refractivity contribution in [2.24, 2.45) is 17.3 Å². The monoisotopic (exact) mass is 565 g/mol. The van der Waals surface area contributed by atoms with Crippen LogP contribution in [0.4, 0.5) is 10.1 Å². The van der Waals surface area contributed by atoms with Gasteiger partial charge < -0.3 is 21.1 Å². The van der Waals surface area contributed by atoms with Crippen molar-refractivity contribution in [2.45, 2.75) is 83.0 Å². The first kappa shape index (κ1) is 29.1. The molecule has 2 fully saturated rings. The van der Waals surface area contributed by atoms with E-state index in [1.807, 2.05) is 19.1 Å². The van der Waals surface area contributed by atoms with Crippen LogP contribution in [-0.2, 0) is 15.0 Å². The van der Waals surface area contributed by atoms with Crippen LogP contribution in [0.1, 0.15) is 59.4 Å². The third-order valence-electron chi connectivity index (χ3n) is 8.07. The number of amides is 2. The Morgan fingerprint density at radius 3 is 2.63 bits per heavy atom. The molecule has 9 heteroatoms. The van der Waals surface area contributed by atoms with Crippen molar-refractivity contribution in [1.29, 1.82) is 0 Å². The van der Waals surface area contributed by atoms with Gasteiger partial charge in [-0.05, 0) is 61.3 Å². The van der Waals surface area contributed by atoms with Gasteiger partial charge in [0.05, 0.1) is 17.1 Å². The fourth-order valence-electron chi connectivity index (χ4n) is 6.64. The first-order valence-electron chi connectivity index (χ1n) is 13.2. The summed E-state index contributed by atoms with van der Waals surface area (Å²) < 4.78 is 12.9. The molecule has 0 aromatic heterocycles. The second kappa shape index (κ2) is 10.6. The molecule has 2 aliphatic heterocycles. The lowest BCUT2D eigenvalue weighted by atomic mass is 9.61. The summed E-state index contributed by atoms with van der Waals surface area (Å²) in [5, 5.41) is 20.5. The zero-order valence-electron chi connectivity index (χ0n) is 22.6. The van der Waals surface area contributed by atoms with Crippen molar-refractivity contribution in [1.82, 2.24) is 10.6 Å². The van der Waals surface area contributed by atoms with Gasteiger partial charge in [-0.2, -0.15) is 0 Å². The van der Waals surface area contributed by atoms with Crippen molar-refractivity contribution in [3.63, 3.8) is 0 Å². The molecular formula is C29H38Cl2FN3O3. The number of halogens is 3. The summed E-state index contributed by atoms with van der Waals surface area (Å²) in [6.45, 7) is 9.30. The maximum Gasteiger partial charge on any atom is 0.237 e. The van der Waals surface area contributed by atoms with Gasteiger partial charge in [0, 0.05) is 33.7 Å². The molecule has 4 N–H and O–H groups in total. The SMILES string of the molecule is CC(/C=C\C=C(\Cl)CF)[C@H]1[C@H](C(=O)NC2CC(C)(O)C2)N[C@H](CC(C)(C)C)[C@]12C(=O)Nc1cc(Cl)ccc12. The smallest absolute Gasteiger partial charge is 0.237 e. The molecule has 2 heterocycles. The first-order valence-corrected chi connectivity index (χ1v) is 13.9. The summed E-state index contributed by atoms with van der Waals surface area (Å²) in [5.74, 6) is -1.09. The third-order valence-corrected chi connectivity index (χ3v) is 8.53. The maximum atomic E-state index is 14.1. The summed E-state index contributed by atoms with van der Waals surface area (Å²) >= 11 is 12.2. The highest BCUT2D eigenvalue weighted by Gasteiger charge is 2.66. The van der Waals surface area contributed by atoms with Crippen LogP contribution >= 0.6 is 23.2 Å². The highest BCUT2D eigenvalue weighted by Crippen LogP contribution is 2.55. The Morgan fingerprint density at radius 2 is 2.03 bits per heavy atom. The molecule has 38 heavy (non-hydrogen) atoms. The maximum absolute atomic E-state index is 14.1. The predicted molar refractivity (Wildman–Crippen MR) is 150 cm³/mol. The Bertz CT molecular complexity index is 1150. The number of carbonyl (C=O) groups excluding carboxylic acids is 2. The van der Waals surface area contributed by atoms with Crippen LogP contribution in [0, 0.1) is 17.3 Å². The largest absolute Gasteiger partial charge is 0.390 e. The van der Waals surface area contributed by atoms with Crippen LogP contribution in [0.5, 0.6) is 0 Å². The van der Waals surface area contributed by atoms with Gasteiger partial charge in [0.2, 0.25) is 11.8 Å². The molecule has 1 spiro atoms. The number of hydrogen-bond acceptors (Lipinski definition) is 4. The van der Waals surface area contributed by atoms with Gasteiger partial charge in [-0.3, -0.25) is 9.59 Å². The number of allylic oxidation sites excluding steroid dienone is 4. The average Bonchev–Trinajstić information content (AvgIpc) is 3.26. The lowest BCUT2D eigenvalue weighted by Crippen LogP contribution is -2.58. The fraction of sp³-hybridized carbons (Fsp3) is 0.586. The minimum atomic E-state index is -1.04. The Hall–Kier alpha value is -1.93. The molecular weight excluding hydrogens is 528 g/mol. The van der Waals surface area contributed by atoms with E-state index >= 15 is 0 Å². The number of anilines is 1. The fourth-order valence-corrected chi connectivity index (χ4v) is 6.88. The van der Waals surface area contributed by atoms with Gasteiger partial charge in [-0.25, -0.2) is 4.39 Å². The molecule has 6 nitrogen and oxygen atoms in total. The van der Waals surface area contributed by atoms with Crippen molar-refractivity contribution >= 4 is 40.7 Å². The molecule has 208 valence electrons. The number of carbonyl (C=O) groups is 2. The van der Waals surface area contributed by atoms with Gasteiger partial charge in [0.1, 0.15) is 6.67 Å². The molecule has 5 atom stereocenters. The normalized spacial score (nSPS) is 33.8. The van der Waals surface area contributed by atoms with Crippen molar-refractivity contribution in [3.8, 4) is 0 Å². The third kappa shape index (κ3) is 5.53. The van der Waals surface area contributed by atoms with Gasteiger partial charge in [0.25, 0.3) is 0 Å². The quantitative estimate of drug-likeness (QED) is 0.340. The zero-order chi connectivity index (χ0) is 28.0. The van der Waals surface area contributed by atoms with E-state index in [9.17, 15) is 19.1 Å². The summed E-state index contributed by atoms with van der Waals surface area (Å²) in [6.07, 6.45) is 6.66. The minimum absolute atomic E-state index is 0.0724. The van der Waals surface area contributed by atoms with E-state index < -0.39 is 29.7 Å². The van der Waals surface area contributed by atoms with E-state index in [0.29, 0.717) is 30.0 Å². The number of nitrogens with one attached hydrogen (secondary N) is 3. The number of hydrogen-bond donors (Lipinski definition) is 4. The summed E-state index contributed by atoms with van der Waals surface area (Å²) in [6, 6.07) is 4.28. The van der Waals surface area contributed by atoms with E-state index in [4.69, 9.17) is 23.2 Å². The van der Waals surface area contributed by atoms with E-state index in [0.717, 1.165) is 5.56 Å². The first-order chi connectivity index (χ1) is 17.7. The Morgan fingerprint density at radius 1 is 1.34 bits per heavy atom. The number of benzene rings is 1. The number of aliphatic hydroxyl groups is 1. The van der Waals surface area contributed by atoms with Crippen molar-refractivity contribution in [2.75, 3.05) is 12.0 Å². The highest BCUT2D eigenvalue weighted by atomic mass is 35.5. The molecule has 0 radical (unpaired) electrons. The second-order valence-corrected chi connectivity index (χ2v) is 13.5. The van der Waals surface area contributed by atoms with Crippen LogP contribution in [0.3, 0.4) is 0 Å². The molecule has 1 aliphatic carbocycles. The van der Waals surface area contributed by atoms with Crippen LogP contribution in [0.15, 0.2) is 41.5 Å². The zero-order valence-corrected chi connectivity index (χ0v) is 24.1. The van der Waals surface area contributed by atoms with Gasteiger partial charge in [0.15, 0.2) is 0 Å². The Kier molecular flexibility index (Phi) is 8.08. The Balaban J connectivity index is 1.81. The van der Waals surface area contributed by atoms with E-state index in [1.54, 1.807) is 25.1 Å². The molecule has 1 saturated carbocycles. The Labute approximate surface area is 234 Å². The van der Waals surface area contributed by atoms with E-state index in [2.05, 4.69) is 36.7 Å². The lowest BCUT2D eigenvalue weighted by Gasteiger charge is -2.42. The molecule has 1 saturated heterocycles. The van der Waals surface area contributed by atoms with E-state index in [-0.39, 0.29) is 40.3 Å². The van der Waals surface area contributed by atoms with Gasteiger partial charge in [-0.15, -0.1) is 0 Å². The van der Waals surface area contributed by atoms with Crippen molar-refractivity contribution in [3.05, 3.63) is 52.0 Å². The summed E-state index contributed by atoms with van der Waals surface area (Å²) in [7, 11) is 0. The topological polar surface area (TPSA) is 90.5 Å². The minimum Gasteiger partial charge on any atom is -0.390 e. The predicted octanol–water partition coefficient (Wildman–Crippen LogP) is 5.24. The lowest BCUT2D eigenvalue weighted by molar-refractivity contribution is -0.128.